The van der Waals surface area contributed by atoms with Crippen molar-refractivity contribution in [3.05, 3.63) is 22.4 Å². The van der Waals surface area contributed by atoms with E-state index in [1.807, 2.05) is 20.8 Å². The maximum Gasteiger partial charge on any atom is 0.260 e. The number of oxime groups is 1. The Balaban J connectivity index is 2.15. The van der Waals surface area contributed by atoms with E-state index in [0.717, 1.165) is 40.5 Å². The molecular weight excluding hydrogens is 242 g/mol. The van der Waals surface area contributed by atoms with E-state index in [4.69, 9.17) is 0 Å². The van der Waals surface area contributed by atoms with E-state index in [0.29, 0.717) is 18.3 Å². The molecule has 0 amide bonds. The molecule has 3 rings (SSSR count). The van der Waals surface area contributed by atoms with Crippen molar-refractivity contribution in [1.82, 2.24) is 4.57 Å². The molecule has 1 heterocycles. The predicted octanol–water partition coefficient (Wildman–Crippen LogP) is 2.10. The zero-order valence-corrected chi connectivity index (χ0v) is 11.8. The zero-order valence-electron chi connectivity index (χ0n) is 11.8. The van der Waals surface area contributed by atoms with Crippen molar-refractivity contribution in [2.24, 2.45) is 17.0 Å². The number of nitrogens with zero attached hydrogens (tertiary/aromatic N) is 3. The van der Waals surface area contributed by atoms with E-state index in [9.17, 15) is 10.4 Å². The van der Waals surface area contributed by atoms with Crippen LogP contribution in [0.3, 0.4) is 0 Å². The normalized spacial score (nSPS) is 31.5. The van der Waals surface area contributed by atoms with Gasteiger partial charge >= 0.3 is 0 Å². The van der Waals surface area contributed by atoms with E-state index in [2.05, 4.69) is 9.72 Å². The Morgan fingerprint density at radius 2 is 2.16 bits per heavy atom. The third kappa shape index (κ3) is 1.53. The van der Waals surface area contributed by atoms with Gasteiger partial charge in [-0.1, -0.05) is 12.1 Å². The number of hydrogen-bond donors (Lipinski definition) is 1. The van der Waals surface area contributed by atoms with Crippen LogP contribution in [0.1, 0.15) is 49.4 Å². The highest BCUT2D eigenvalue weighted by atomic mass is 16.5. The molecule has 2 aliphatic carbocycles. The van der Waals surface area contributed by atoms with Crippen LogP contribution in [0.2, 0.25) is 0 Å². The molecule has 5 nitrogen and oxygen atoms in total. The lowest BCUT2D eigenvalue weighted by atomic mass is 9.92. The van der Waals surface area contributed by atoms with Crippen LogP contribution in [-0.2, 0) is 6.42 Å². The van der Waals surface area contributed by atoms with Gasteiger partial charge in [0.15, 0.2) is 0 Å². The number of aromatic nitrogens is 2. The van der Waals surface area contributed by atoms with Crippen LogP contribution in [0.5, 0.6) is 0 Å². The van der Waals surface area contributed by atoms with Gasteiger partial charge < -0.3 is 10.4 Å². The summed E-state index contributed by atoms with van der Waals surface area (Å²) in [6, 6.07) is 0.0904. The summed E-state index contributed by atoms with van der Waals surface area (Å²) in [6.07, 6.45) is 4.10. The first-order chi connectivity index (χ1) is 9.10. The summed E-state index contributed by atoms with van der Waals surface area (Å²) < 4.78 is 3.16. The van der Waals surface area contributed by atoms with E-state index in [1.165, 1.54) is 6.42 Å². The minimum Gasteiger partial charge on any atom is -0.711 e. The summed E-state index contributed by atoms with van der Waals surface area (Å²) >= 11 is 0. The average molecular weight is 263 g/mol. The molecule has 1 aromatic rings. The second kappa shape index (κ2) is 4.25. The quantitative estimate of drug-likeness (QED) is 0.384. The molecule has 5 heteroatoms. The monoisotopic (exact) mass is 263 g/mol. The van der Waals surface area contributed by atoms with Crippen molar-refractivity contribution in [3.63, 3.8) is 0 Å². The largest absolute Gasteiger partial charge is 0.711 e. The maximum atomic E-state index is 12.2. The Morgan fingerprint density at radius 1 is 1.42 bits per heavy atom. The molecule has 2 bridgehead atoms. The molecule has 104 valence electrons. The van der Waals surface area contributed by atoms with Crippen molar-refractivity contribution in [1.29, 1.82) is 0 Å². The molecule has 2 fully saturated rings. The van der Waals surface area contributed by atoms with Crippen molar-refractivity contribution >= 4 is 5.71 Å². The van der Waals surface area contributed by atoms with Crippen LogP contribution in [0.15, 0.2) is 5.16 Å². The average Bonchev–Trinajstić information content (AvgIpc) is 3.06. The van der Waals surface area contributed by atoms with Crippen LogP contribution < -0.4 is 4.73 Å². The zero-order chi connectivity index (χ0) is 13.7. The van der Waals surface area contributed by atoms with Crippen LogP contribution in [0.4, 0.5) is 0 Å². The van der Waals surface area contributed by atoms with Gasteiger partial charge in [-0.05, 0) is 19.3 Å². The number of rotatable bonds is 2. The van der Waals surface area contributed by atoms with E-state index >= 15 is 0 Å². The molecule has 0 radical (unpaired) electrons. The highest BCUT2D eigenvalue weighted by molar-refractivity contribution is 5.93. The highest BCUT2D eigenvalue weighted by Gasteiger charge is 2.50. The molecule has 0 saturated heterocycles. The fraction of sp³-hybridized carbons (Fsp3) is 0.714. The first kappa shape index (κ1) is 12.5. The van der Waals surface area contributed by atoms with Gasteiger partial charge in [0.2, 0.25) is 0 Å². The summed E-state index contributed by atoms with van der Waals surface area (Å²) in [5, 5.41) is 25.1. The molecule has 0 aliphatic heterocycles. The van der Waals surface area contributed by atoms with Gasteiger partial charge in [0.25, 0.3) is 5.82 Å². The summed E-state index contributed by atoms with van der Waals surface area (Å²) in [5.41, 5.74) is 2.65. The second-order valence-corrected chi connectivity index (χ2v) is 5.84. The SMILES string of the molecule is CCc1n([C@H]2/C(=N\O)[C@H]3CC[C@@H]2C3)c(C)c(C)[n+]1[O-]. The number of hydrogen-bond acceptors (Lipinski definition) is 3. The van der Waals surface area contributed by atoms with Gasteiger partial charge in [-0.25, -0.2) is 9.30 Å². The fourth-order valence-corrected chi connectivity index (χ4v) is 4.03. The fourth-order valence-electron chi connectivity index (χ4n) is 4.03. The molecule has 1 aromatic heterocycles. The molecular formula is C14H21N3O2. The first-order valence-electron chi connectivity index (χ1n) is 7.11. The van der Waals surface area contributed by atoms with E-state index in [1.54, 1.807) is 0 Å². The Labute approximate surface area is 113 Å². The standard InChI is InChI=1S/C14H21N3O2/c1-4-12-16(8(2)9(3)17(12)19)14-11-6-5-10(7-11)13(14)15-18/h10-11,14,18H,4-7H2,1-3H3/b15-13-/t10-,11+,14+/m0/s1. The second-order valence-electron chi connectivity index (χ2n) is 5.84. The molecule has 2 aliphatic rings. The molecule has 19 heavy (non-hydrogen) atoms. The Kier molecular flexibility index (Phi) is 2.80. The lowest BCUT2D eigenvalue weighted by Gasteiger charge is -2.22. The van der Waals surface area contributed by atoms with Gasteiger partial charge in [0.05, 0.1) is 0 Å². The Bertz CT molecular complexity index is 547. The van der Waals surface area contributed by atoms with Gasteiger partial charge in [-0.15, -0.1) is 0 Å². The highest BCUT2D eigenvalue weighted by Crippen LogP contribution is 2.49. The summed E-state index contributed by atoms with van der Waals surface area (Å²) in [7, 11) is 0. The minimum atomic E-state index is 0.0904. The predicted molar refractivity (Wildman–Crippen MR) is 71.3 cm³/mol. The van der Waals surface area contributed by atoms with Crippen molar-refractivity contribution in [3.8, 4) is 0 Å². The van der Waals surface area contributed by atoms with Crippen molar-refractivity contribution in [2.45, 2.75) is 52.5 Å². The lowest BCUT2D eigenvalue weighted by Crippen LogP contribution is -2.35. The molecule has 3 atom stereocenters. The maximum absolute atomic E-state index is 12.2. The molecule has 2 saturated carbocycles. The topological polar surface area (TPSA) is 64.5 Å². The Morgan fingerprint density at radius 3 is 2.79 bits per heavy atom. The lowest BCUT2D eigenvalue weighted by molar-refractivity contribution is -0.620. The van der Waals surface area contributed by atoms with Gasteiger partial charge in [-0.3, -0.25) is 0 Å². The van der Waals surface area contributed by atoms with Crippen LogP contribution in [0, 0.1) is 30.9 Å². The molecule has 0 unspecified atom stereocenters. The van der Waals surface area contributed by atoms with Gasteiger partial charge in [0.1, 0.15) is 23.1 Å². The third-order valence-electron chi connectivity index (χ3n) is 5.05. The van der Waals surface area contributed by atoms with E-state index < -0.39 is 0 Å². The minimum absolute atomic E-state index is 0.0904. The first-order valence-corrected chi connectivity index (χ1v) is 7.11. The van der Waals surface area contributed by atoms with Crippen LogP contribution >= 0.6 is 0 Å². The van der Waals surface area contributed by atoms with Crippen LogP contribution in [0.25, 0.3) is 0 Å². The van der Waals surface area contributed by atoms with Gasteiger partial charge in [-0.2, -0.15) is 0 Å². The summed E-state index contributed by atoms with van der Waals surface area (Å²) in [6.45, 7) is 5.85. The van der Waals surface area contributed by atoms with Crippen LogP contribution in [-0.4, -0.2) is 15.5 Å². The summed E-state index contributed by atoms with van der Waals surface area (Å²) in [4.78, 5) is 0. The van der Waals surface area contributed by atoms with E-state index in [-0.39, 0.29) is 6.04 Å². The number of fused-ring (bicyclic) bond motifs is 2. The smallest absolute Gasteiger partial charge is 0.260 e. The molecule has 1 N–H and O–H groups in total. The summed E-state index contributed by atoms with van der Waals surface area (Å²) in [5.74, 6) is 1.72. The molecule has 0 aromatic carbocycles. The third-order valence-corrected chi connectivity index (χ3v) is 5.05. The Hall–Kier alpha value is -1.52. The molecule has 0 spiro atoms. The number of imidazole rings is 1. The van der Waals surface area contributed by atoms with Crippen molar-refractivity contribution in [2.75, 3.05) is 0 Å². The van der Waals surface area contributed by atoms with Crippen molar-refractivity contribution < 1.29 is 9.94 Å². The van der Waals surface area contributed by atoms with Gasteiger partial charge in [0, 0.05) is 32.1 Å².